The first-order valence-corrected chi connectivity index (χ1v) is 11.0. The van der Waals surface area contributed by atoms with Gasteiger partial charge in [0.2, 0.25) is 5.95 Å². The third-order valence-electron chi connectivity index (χ3n) is 4.93. The molecule has 1 aliphatic heterocycles. The summed E-state index contributed by atoms with van der Waals surface area (Å²) in [6.07, 6.45) is 1.69. The average molecular weight is 456 g/mol. The van der Waals surface area contributed by atoms with Gasteiger partial charge in [0.25, 0.3) is 5.91 Å². The zero-order valence-corrected chi connectivity index (χ0v) is 19.2. The number of carbonyl (C=O) groups excluding carboxylic acids is 1. The lowest BCUT2D eigenvalue weighted by Gasteiger charge is -2.36. The van der Waals surface area contributed by atoms with Crippen LogP contribution >= 0.6 is 11.3 Å². The number of rotatable bonds is 5. The minimum atomic E-state index is -0.0838. The van der Waals surface area contributed by atoms with Crippen LogP contribution in [0.1, 0.15) is 24.2 Å². The highest BCUT2D eigenvalue weighted by Crippen LogP contribution is 2.29. The highest BCUT2D eigenvalue weighted by molar-refractivity contribution is 7.18. The van der Waals surface area contributed by atoms with E-state index in [1.165, 1.54) is 16.2 Å². The van der Waals surface area contributed by atoms with Crippen LogP contribution in [0.2, 0.25) is 0 Å². The van der Waals surface area contributed by atoms with Crippen LogP contribution in [-0.4, -0.2) is 70.1 Å². The fraction of sp³-hybridized carbons (Fsp3) is 0.381. The van der Waals surface area contributed by atoms with E-state index >= 15 is 0 Å². The van der Waals surface area contributed by atoms with E-state index in [1.54, 1.807) is 44.6 Å². The van der Waals surface area contributed by atoms with Gasteiger partial charge in [0, 0.05) is 26.2 Å². The number of nitrogens with zero attached hydrogens (tertiary/aromatic N) is 6. The molecule has 4 rings (SSSR count). The van der Waals surface area contributed by atoms with Gasteiger partial charge in [-0.2, -0.15) is 15.0 Å². The van der Waals surface area contributed by atoms with E-state index in [-0.39, 0.29) is 24.1 Å². The third-order valence-corrected chi connectivity index (χ3v) is 5.75. The Balaban J connectivity index is 1.67. The molecule has 11 heteroatoms. The number of hydrogen-bond donors (Lipinski definition) is 1. The van der Waals surface area contributed by atoms with Crippen molar-refractivity contribution in [3.8, 4) is 22.5 Å². The summed E-state index contributed by atoms with van der Waals surface area (Å²) in [5.74, 6) is 1.36. The van der Waals surface area contributed by atoms with Gasteiger partial charge < -0.3 is 25.0 Å². The molecule has 0 spiro atoms. The van der Waals surface area contributed by atoms with Crippen molar-refractivity contribution in [1.29, 1.82) is 0 Å². The van der Waals surface area contributed by atoms with Gasteiger partial charge in [-0.3, -0.25) is 4.79 Å². The smallest absolute Gasteiger partial charge is 0.327 e. The molecule has 1 aromatic carbocycles. The average Bonchev–Trinajstić information content (AvgIpc) is 3.21. The zero-order chi connectivity index (χ0) is 22.8. The highest BCUT2D eigenvalue weighted by atomic mass is 32.1. The molecule has 2 atom stereocenters. The first kappa shape index (κ1) is 21.9. The standard InChI is InChI=1S/C21H25N7O3S/c1-12-11-30-13(2)10-28(12)20-24-17(16-9-23-19(22)32-16)25-21(26-20)31-15-7-5-14(6-8-15)18(29)27(3)4/h5-9,12-13H,10-11H2,1-4H3,(H2,22,23). The molecule has 2 N–H and O–H groups in total. The first-order valence-electron chi connectivity index (χ1n) is 10.2. The van der Waals surface area contributed by atoms with E-state index in [1.807, 2.05) is 6.92 Å². The SMILES string of the molecule is CC1CN(c2nc(Oc3ccc(C(=O)N(C)C)cc3)nc(-c3cnc(N)s3)n2)C(C)CO1. The van der Waals surface area contributed by atoms with Gasteiger partial charge in [0.15, 0.2) is 11.0 Å². The van der Waals surface area contributed by atoms with Crippen molar-refractivity contribution in [2.24, 2.45) is 0 Å². The Kier molecular flexibility index (Phi) is 6.19. The predicted molar refractivity (Wildman–Crippen MR) is 122 cm³/mol. The summed E-state index contributed by atoms with van der Waals surface area (Å²) in [4.78, 5) is 34.2. The second-order valence-corrected chi connectivity index (χ2v) is 8.84. The van der Waals surface area contributed by atoms with Crippen LogP contribution in [-0.2, 0) is 4.74 Å². The molecular formula is C21H25N7O3S. The minimum Gasteiger partial charge on any atom is -0.424 e. The summed E-state index contributed by atoms with van der Waals surface area (Å²) in [5.41, 5.74) is 6.37. The first-order chi connectivity index (χ1) is 15.3. The number of benzene rings is 1. The molecule has 3 heterocycles. The van der Waals surface area contributed by atoms with Crippen LogP contribution in [0.15, 0.2) is 30.5 Å². The van der Waals surface area contributed by atoms with Crippen molar-refractivity contribution in [2.45, 2.75) is 26.0 Å². The maximum Gasteiger partial charge on any atom is 0.327 e. The van der Waals surface area contributed by atoms with Gasteiger partial charge in [0.1, 0.15) is 5.75 Å². The van der Waals surface area contributed by atoms with E-state index in [9.17, 15) is 4.79 Å². The molecule has 3 aromatic rings. The van der Waals surface area contributed by atoms with E-state index in [0.717, 1.165) is 4.88 Å². The van der Waals surface area contributed by atoms with Gasteiger partial charge in [0.05, 0.1) is 29.8 Å². The normalized spacial score (nSPS) is 18.4. The van der Waals surface area contributed by atoms with Crippen LogP contribution in [0.25, 0.3) is 10.7 Å². The summed E-state index contributed by atoms with van der Waals surface area (Å²) < 4.78 is 11.7. The second-order valence-electron chi connectivity index (χ2n) is 7.78. The Hall–Kier alpha value is -3.31. The van der Waals surface area contributed by atoms with E-state index < -0.39 is 0 Å². The topological polar surface area (TPSA) is 120 Å². The Morgan fingerprint density at radius 3 is 2.62 bits per heavy atom. The van der Waals surface area contributed by atoms with Crippen molar-refractivity contribution in [2.75, 3.05) is 37.9 Å². The van der Waals surface area contributed by atoms with Crippen molar-refractivity contribution >= 4 is 28.3 Å². The molecule has 0 saturated carbocycles. The number of anilines is 2. The lowest BCUT2D eigenvalue weighted by Crippen LogP contribution is -2.48. The lowest BCUT2D eigenvalue weighted by molar-refractivity contribution is 0.0336. The van der Waals surface area contributed by atoms with Gasteiger partial charge in [-0.15, -0.1) is 0 Å². The second kappa shape index (κ2) is 9.05. The van der Waals surface area contributed by atoms with Crippen molar-refractivity contribution in [1.82, 2.24) is 24.8 Å². The fourth-order valence-electron chi connectivity index (χ4n) is 3.23. The Bertz CT molecular complexity index is 1100. The number of nitrogens with two attached hydrogens (primary N) is 1. The van der Waals surface area contributed by atoms with E-state index in [0.29, 0.717) is 41.4 Å². The predicted octanol–water partition coefficient (Wildman–Crippen LogP) is 2.69. The maximum atomic E-state index is 12.1. The van der Waals surface area contributed by atoms with Gasteiger partial charge in [-0.25, -0.2) is 4.98 Å². The monoisotopic (exact) mass is 455 g/mol. The molecule has 168 valence electrons. The molecular weight excluding hydrogens is 430 g/mol. The molecule has 1 saturated heterocycles. The number of thiazole rings is 1. The molecule has 2 aromatic heterocycles. The Labute approximate surface area is 190 Å². The number of amides is 1. The van der Waals surface area contributed by atoms with Crippen molar-refractivity contribution < 1.29 is 14.3 Å². The van der Waals surface area contributed by atoms with E-state index in [2.05, 4.69) is 31.8 Å². The molecule has 2 unspecified atom stereocenters. The van der Waals surface area contributed by atoms with Crippen molar-refractivity contribution in [3.05, 3.63) is 36.0 Å². The molecule has 0 bridgehead atoms. The highest BCUT2D eigenvalue weighted by Gasteiger charge is 2.27. The number of aromatic nitrogens is 4. The lowest BCUT2D eigenvalue weighted by atomic mass is 10.2. The van der Waals surface area contributed by atoms with Crippen LogP contribution < -0.4 is 15.4 Å². The summed E-state index contributed by atoms with van der Waals surface area (Å²) in [5, 5.41) is 0.430. The summed E-state index contributed by atoms with van der Waals surface area (Å²) >= 11 is 1.29. The number of hydrogen-bond acceptors (Lipinski definition) is 10. The Morgan fingerprint density at radius 2 is 1.97 bits per heavy atom. The molecule has 10 nitrogen and oxygen atoms in total. The van der Waals surface area contributed by atoms with Gasteiger partial charge in [-0.1, -0.05) is 11.3 Å². The minimum absolute atomic E-state index is 0.0524. The molecule has 32 heavy (non-hydrogen) atoms. The van der Waals surface area contributed by atoms with E-state index in [4.69, 9.17) is 15.2 Å². The van der Waals surface area contributed by atoms with Crippen molar-refractivity contribution in [3.63, 3.8) is 0 Å². The number of ether oxygens (including phenoxy) is 2. The summed E-state index contributed by atoms with van der Waals surface area (Å²) in [6, 6.07) is 7.08. The molecule has 1 aliphatic rings. The summed E-state index contributed by atoms with van der Waals surface area (Å²) in [6.45, 7) is 5.30. The van der Waals surface area contributed by atoms with Gasteiger partial charge in [-0.05, 0) is 38.1 Å². The summed E-state index contributed by atoms with van der Waals surface area (Å²) in [7, 11) is 3.42. The largest absolute Gasteiger partial charge is 0.424 e. The Morgan fingerprint density at radius 1 is 1.22 bits per heavy atom. The van der Waals surface area contributed by atoms with Crippen LogP contribution in [0.5, 0.6) is 11.8 Å². The molecule has 0 radical (unpaired) electrons. The maximum absolute atomic E-state index is 12.1. The third kappa shape index (κ3) is 4.78. The fourth-order valence-corrected chi connectivity index (χ4v) is 3.85. The quantitative estimate of drug-likeness (QED) is 0.619. The molecule has 1 fully saturated rings. The van der Waals surface area contributed by atoms with Crippen LogP contribution in [0.4, 0.5) is 11.1 Å². The zero-order valence-electron chi connectivity index (χ0n) is 18.3. The van der Waals surface area contributed by atoms with Crippen LogP contribution in [0.3, 0.4) is 0 Å². The number of carbonyl (C=O) groups is 1. The van der Waals surface area contributed by atoms with Gasteiger partial charge >= 0.3 is 6.01 Å². The number of morpholine rings is 1. The number of nitrogen functional groups attached to an aromatic ring is 1. The molecule has 1 amide bonds. The van der Waals surface area contributed by atoms with Crippen LogP contribution in [0, 0.1) is 0 Å². The molecule has 0 aliphatic carbocycles.